The van der Waals surface area contributed by atoms with Crippen LogP contribution in [0.5, 0.6) is 0 Å². The van der Waals surface area contributed by atoms with E-state index in [-0.39, 0.29) is 12.2 Å². The summed E-state index contributed by atoms with van der Waals surface area (Å²) in [4.78, 5) is 45.9. The predicted molar refractivity (Wildman–Crippen MR) is 94.6 cm³/mol. The molecular formula is C20H26O9. The molecule has 4 bridgehead atoms. The van der Waals surface area contributed by atoms with Gasteiger partial charge in [-0.1, -0.05) is 0 Å². The molecule has 0 aromatic heterocycles. The Bertz CT molecular complexity index is 759. The van der Waals surface area contributed by atoms with Gasteiger partial charge in [-0.25, -0.2) is 0 Å². The lowest BCUT2D eigenvalue weighted by molar-refractivity contribution is -0.172. The molecule has 2 N–H and O–H groups in total. The summed E-state index contributed by atoms with van der Waals surface area (Å²) in [6, 6.07) is 0. The van der Waals surface area contributed by atoms with Gasteiger partial charge in [0.1, 0.15) is 21.7 Å². The van der Waals surface area contributed by atoms with Crippen LogP contribution < -0.4 is 0 Å². The fourth-order valence-electron chi connectivity index (χ4n) is 6.01. The molecule has 5 aliphatic heterocycles. The first-order valence-electron chi connectivity index (χ1n) is 9.90. The molecule has 5 saturated heterocycles. The molecule has 5 fully saturated rings. The molecule has 0 aromatic carbocycles. The highest BCUT2D eigenvalue weighted by Crippen LogP contribution is 2.63. The highest BCUT2D eigenvalue weighted by atomic mass is 16.6. The number of aliphatic carboxylic acids is 2. The molecule has 5 rings (SSSR count). The van der Waals surface area contributed by atoms with Gasteiger partial charge < -0.3 is 24.4 Å². The van der Waals surface area contributed by atoms with Crippen molar-refractivity contribution in [3.8, 4) is 0 Å². The maximum Gasteiger partial charge on any atom is 0.323 e. The fourth-order valence-corrected chi connectivity index (χ4v) is 6.01. The Morgan fingerprint density at radius 2 is 1.03 bits per heavy atom. The van der Waals surface area contributed by atoms with Gasteiger partial charge in [0.15, 0.2) is 0 Å². The van der Waals surface area contributed by atoms with Crippen LogP contribution in [-0.4, -0.2) is 58.5 Å². The molecule has 5 aliphatic rings. The van der Waals surface area contributed by atoms with E-state index >= 15 is 0 Å². The van der Waals surface area contributed by atoms with E-state index in [1.807, 2.05) is 0 Å². The summed E-state index contributed by atoms with van der Waals surface area (Å²) in [6.07, 6.45) is 1.79. The van der Waals surface area contributed by atoms with Gasteiger partial charge in [0.05, 0.1) is 24.4 Å². The highest BCUT2D eigenvalue weighted by molar-refractivity contribution is 6.03. The summed E-state index contributed by atoms with van der Waals surface area (Å²) in [7, 11) is 0. The van der Waals surface area contributed by atoms with Crippen LogP contribution in [0.1, 0.15) is 53.4 Å². The van der Waals surface area contributed by atoms with Gasteiger partial charge in [0, 0.05) is 0 Å². The van der Waals surface area contributed by atoms with Crippen molar-refractivity contribution >= 4 is 23.9 Å². The zero-order valence-electron chi connectivity index (χ0n) is 16.9. The predicted octanol–water partition coefficient (Wildman–Crippen LogP) is 1.37. The molecule has 0 radical (unpaired) electrons. The zero-order chi connectivity index (χ0) is 21.6. The third kappa shape index (κ3) is 2.02. The Kier molecular flexibility index (Phi) is 4.05. The quantitative estimate of drug-likeness (QED) is 0.511. The van der Waals surface area contributed by atoms with Gasteiger partial charge in [-0.05, 0) is 53.4 Å². The molecule has 0 aliphatic carbocycles. The monoisotopic (exact) mass is 410 g/mol. The normalized spacial score (nSPS) is 51.4. The lowest BCUT2D eigenvalue weighted by Gasteiger charge is -2.40. The summed E-state index contributed by atoms with van der Waals surface area (Å²) in [5, 5.41) is 18.5. The van der Waals surface area contributed by atoms with Crippen molar-refractivity contribution in [3.63, 3.8) is 0 Å². The average Bonchev–Trinajstić information content (AvgIpc) is 3.42. The molecule has 9 heteroatoms. The standard InChI is InChI=1S/C10H14O5.C10H12O4/c1-9(7(11)12)5-3-4-6(15-5)10(9,2)8(13)14;1-9-5-3-4-6(13-5)10(9,2)8(12)14-7(9)11/h5-6H,3-4H2,1-2H3,(H,11,12)(H,13,14);5-6H,3-4H2,1-2H3/t;5-,6+,9+,10-. The Balaban J connectivity index is 0.000000141. The van der Waals surface area contributed by atoms with Gasteiger partial charge >= 0.3 is 23.9 Å². The van der Waals surface area contributed by atoms with Gasteiger partial charge in [-0.2, -0.15) is 0 Å². The summed E-state index contributed by atoms with van der Waals surface area (Å²) >= 11 is 0. The second-order valence-electron chi connectivity index (χ2n) is 9.48. The van der Waals surface area contributed by atoms with Crippen molar-refractivity contribution in [2.24, 2.45) is 21.7 Å². The van der Waals surface area contributed by atoms with Crippen molar-refractivity contribution in [3.05, 3.63) is 0 Å². The SMILES string of the molecule is CC1(C(=O)O)C2CCC(O2)C1(C)C(=O)O.C[C@@]12C(=O)OC(=O)[C@]1(C)[C@H]1CC[C@@H]2O1. The smallest absolute Gasteiger partial charge is 0.323 e. The molecule has 0 amide bonds. The maximum absolute atomic E-state index is 11.7. The van der Waals surface area contributed by atoms with E-state index in [9.17, 15) is 29.4 Å². The number of fused-ring (bicyclic) bond motifs is 7. The van der Waals surface area contributed by atoms with Crippen molar-refractivity contribution < 1.29 is 43.6 Å². The van der Waals surface area contributed by atoms with E-state index in [1.54, 1.807) is 13.8 Å². The Labute approximate surface area is 167 Å². The van der Waals surface area contributed by atoms with Crippen molar-refractivity contribution in [1.82, 2.24) is 0 Å². The number of carbonyl (C=O) groups is 4. The molecule has 4 unspecified atom stereocenters. The molecule has 0 spiro atoms. The van der Waals surface area contributed by atoms with E-state index in [4.69, 9.17) is 14.2 Å². The van der Waals surface area contributed by atoms with Crippen LogP contribution >= 0.6 is 0 Å². The number of ether oxygens (including phenoxy) is 3. The zero-order valence-corrected chi connectivity index (χ0v) is 16.9. The molecule has 8 atom stereocenters. The first-order chi connectivity index (χ1) is 13.4. The number of esters is 2. The summed E-state index contributed by atoms with van der Waals surface area (Å²) < 4.78 is 15.9. The minimum atomic E-state index is -1.32. The van der Waals surface area contributed by atoms with Crippen LogP contribution in [0.15, 0.2) is 0 Å². The van der Waals surface area contributed by atoms with Crippen LogP contribution in [0.25, 0.3) is 0 Å². The number of rotatable bonds is 2. The van der Waals surface area contributed by atoms with E-state index in [1.165, 1.54) is 13.8 Å². The Morgan fingerprint density at radius 1 is 0.724 bits per heavy atom. The lowest BCUT2D eigenvalue weighted by atomic mass is 9.57. The van der Waals surface area contributed by atoms with E-state index < -0.39 is 57.7 Å². The van der Waals surface area contributed by atoms with Crippen molar-refractivity contribution in [2.75, 3.05) is 0 Å². The maximum atomic E-state index is 11.7. The summed E-state index contributed by atoms with van der Waals surface area (Å²) in [5.74, 6) is -2.98. The third-order valence-electron chi connectivity index (χ3n) is 8.69. The van der Waals surface area contributed by atoms with Crippen LogP contribution in [0.3, 0.4) is 0 Å². The molecular weight excluding hydrogens is 384 g/mol. The molecule has 9 nitrogen and oxygen atoms in total. The van der Waals surface area contributed by atoms with E-state index in [0.29, 0.717) is 12.8 Å². The number of carbonyl (C=O) groups excluding carboxylic acids is 2. The summed E-state index contributed by atoms with van der Waals surface area (Å²) in [6.45, 7) is 6.55. The molecule has 160 valence electrons. The number of hydrogen-bond acceptors (Lipinski definition) is 7. The lowest BCUT2D eigenvalue weighted by Crippen LogP contribution is -2.55. The molecule has 0 aromatic rings. The minimum Gasteiger partial charge on any atom is -0.481 e. The van der Waals surface area contributed by atoms with Crippen LogP contribution in [-0.2, 0) is 33.4 Å². The second kappa shape index (κ2) is 5.78. The average molecular weight is 410 g/mol. The number of carboxylic acid groups (broad SMARTS) is 2. The molecule has 5 heterocycles. The van der Waals surface area contributed by atoms with Crippen LogP contribution in [0.2, 0.25) is 0 Å². The van der Waals surface area contributed by atoms with Gasteiger partial charge in [-0.3, -0.25) is 19.2 Å². The Hall–Kier alpha value is -2.00. The summed E-state index contributed by atoms with van der Waals surface area (Å²) in [5.41, 5.74) is -4.12. The van der Waals surface area contributed by atoms with Crippen LogP contribution in [0.4, 0.5) is 0 Å². The second-order valence-corrected chi connectivity index (χ2v) is 9.48. The van der Waals surface area contributed by atoms with Gasteiger partial charge in [0.25, 0.3) is 0 Å². The topological polar surface area (TPSA) is 136 Å². The third-order valence-corrected chi connectivity index (χ3v) is 8.69. The van der Waals surface area contributed by atoms with Gasteiger partial charge in [0.2, 0.25) is 0 Å². The largest absolute Gasteiger partial charge is 0.481 e. The number of cyclic esters (lactones) is 2. The number of hydrogen-bond donors (Lipinski definition) is 2. The first-order valence-corrected chi connectivity index (χ1v) is 9.90. The minimum absolute atomic E-state index is 0.128. The number of carboxylic acids is 2. The highest BCUT2D eigenvalue weighted by Gasteiger charge is 2.77. The van der Waals surface area contributed by atoms with Crippen molar-refractivity contribution in [1.29, 1.82) is 0 Å². The first kappa shape index (κ1) is 20.3. The van der Waals surface area contributed by atoms with Gasteiger partial charge in [-0.15, -0.1) is 0 Å². The Morgan fingerprint density at radius 3 is 1.38 bits per heavy atom. The fraction of sp³-hybridized carbons (Fsp3) is 0.800. The molecule has 29 heavy (non-hydrogen) atoms. The van der Waals surface area contributed by atoms with E-state index in [0.717, 1.165) is 12.8 Å². The molecule has 0 saturated carbocycles. The van der Waals surface area contributed by atoms with Crippen molar-refractivity contribution in [2.45, 2.75) is 77.8 Å². The van der Waals surface area contributed by atoms with E-state index in [2.05, 4.69) is 0 Å². The van der Waals surface area contributed by atoms with Crippen LogP contribution in [0, 0.1) is 21.7 Å².